The molecule has 6 heteroatoms. The maximum absolute atomic E-state index is 14.3. The lowest BCUT2D eigenvalue weighted by atomic mass is 9.98. The Morgan fingerprint density at radius 2 is 2.15 bits per heavy atom. The first-order valence-electron chi connectivity index (χ1n) is 10.1. The highest BCUT2D eigenvalue weighted by atomic mass is 19.1. The molecule has 1 aromatic rings. The highest BCUT2D eigenvalue weighted by molar-refractivity contribution is 5.80. The zero-order chi connectivity index (χ0) is 19.2. The SMILES string of the molecule is CN=C(NCC1CCCN(C)C1)NC(C)c1ccc(OCC2CC2)c(F)c1. The minimum atomic E-state index is -0.296. The molecule has 0 spiro atoms. The lowest BCUT2D eigenvalue weighted by molar-refractivity contribution is 0.210. The third-order valence-electron chi connectivity index (χ3n) is 5.48. The van der Waals surface area contributed by atoms with E-state index in [0.717, 1.165) is 24.6 Å². The number of nitrogens with one attached hydrogen (secondary N) is 2. The Labute approximate surface area is 162 Å². The lowest BCUT2D eigenvalue weighted by Gasteiger charge is -2.30. The van der Waals surface area contributed by atoms with Gasteiger partial charge in [-0.25, -0.2) is 4.39 Å². The van der Waals surface area contributed by atoms with E-state index in [-0.39, 0.29) is 11.9 Å². The number of aliphatic imine (C=N–C) groups is 1. The summed E-state index contributed by atoms with van der Waals surface area (Å²) in [7, 11) is 3.94. The molecule has 2 atom stereocenters. The fraction of sp³-hybridized carbons (Fsp3) is 0.667. The smallest absolute Gasteiger partial charge is 0.191 e. The summed E-state index contributed by atoms with van der Waals surface area (Å²) in [6, 6.07) is 5.17. The van der Waals surface area contributed by atoms with Crippen molar-refractivity contribution >= 4 is 5.96 Å². The molecule has 0 radical (unpaired) electrons. The quantitative estimate of drug-likeness (QED) is 0.567. The Bertz CT molecular complexity index is 647. The van der Waals surface area contributed by atoms with Crippen LogP contribution in [-0.4, -0.2) is 51.2 Å². The second kappa shape index (κ2) is 9.40. The Hall–Kier alpha value is -1.82. The Morgan fingerprint density at radius 1 is 1.33 bits per heavy atom. The van der Waals surface area contributed by atoms with E-state index in [0.29, 0.717) is 24.2 Å². The van der Waals surface area contributed by atoms with Crippen LogP contribution in [0.1, 0.15) is 44.2 Å². The molecule has 2 aliphatic rings. The van der Waals surface area contributed by atoms with Crippen molar-refractivity contribution in [1.82, 2.24) is 15.5 Å². The standard InChI is InChI=1S/C21H33FN4O/c1-15(18-8-9-20(19(22)11-18)27-14-16-6-7-16)25-21(23-2)24-12-17-5-4-10-26(3)13-17/h8-9,11,15-17H,4-7,10,12-14H2,1-3H3,(H2,23,24,25). The Balaban J connectivity index is 1.49. The van der Waals surface area contributed by atoms with Crippen LogP contribution in [0.2, 0.25) is 0 Å². The predicted molar refractivity (Wildman–Crippen MR) is 108 cm³/mol. The van der Waals surface area contributed by atoms with Crippen molar-refractivity contribution in [3.63, 3.8) is 0 Å². The fourth-order valence-corrected chi connectivity index (χ4v) is 3.56. The summed E-state index contributed by atoms with van der Waals surface area (Å²) in [6.45, 7) is 5.84. The summed E-state index contributed by atoms with van der Waals surface area (Å²) in [4.78, 5) is 6.69. The van der Waals surface area contributed by atoms with E-state index >= 15 is 0 Å². The predicted octanol–water partition coefficient (Wildman–Crippen LogP) is 3.18. The lowest BCUT2D eigenvalue weighted by Crippen LogP contribution is -2.44. The zero-order valence-electron chi connectivity index (χ0n) is 16.8. The van der Waals surface area contributed by atoms with Crippen molar-refractivity contribution in [2.24, 2.45) is 16.8 Å². The molecule has 27 heavy (non-hydrogen) atoms. The van der Waals surface area contributed by atoms with E-state index in [4.69, 9.17) is 4.74 Å². The molecule has 1 aromatic carbocycles. The number of piperidine rings is 1. The average Bonchev–Trinajstić information content (AvgIpc) is 3.48. The fourth-order valence-electron chi connectivity index (χ4n) is 3.56. The van der Waals surface area contributed by atoms with Crippen molar-refractivity contribution in [1.29, 1.82) is 0 Å². The van der Waals surface area contributed by atoms with E-state index in [1.54, 1.807) is 19.2 Å². The largest absolute Gasteiger partial charge is 0.490 e. The van der Waals surface area contributed by atoms with Crippen molar-refractivity contribution in [3.8, 4) is 5.75 Å². The van der Waals surface area contributed by atoms with Gasteiger partial charge in [-0.2, -0.15) is 0 Å². The number of halogens is 1. The van der Waals surface area contributed by atoms with Crippen LogP contribution in [0.25, 0.3) is 0 Å². The first-order valence-corrected chi connectivity index (χ1v) is 10.1. The molecular formula is C21H33FN4O. The zero-order valence-corrected chi connectivity index (χ0v) is 16.8. The number of rotatable bonds is 7. The summed E-state index contributed by atoms with van der Waals surface area (Å²) >= 11 is 0. The van der Waals surface area contributed by atoms with E-state index in [1.807, 2.05) is 13.0 Å². The summed E-state index contributed by atoms with van der Waals surface area (Å²) in [5.74, 6) is 2.06. The normalized spacial score (nSPS) is 22.4. The topological polar surface area (TPSA) is 48.9 Å². The van der Waals surface area contributed by atoms with Crippen molar-refractivity contribution in [2.75, 3.05) is 40.3 Å². The van der Waals surface area contributed by atoms with Crippen LogP contribution in [0.4, 0.5) is 4.39 Å². The minimum absolute atomic E-state index is 0.0442. The molecule has 5 nitrogen and oxygen atoms in total. The molecule has 1 aliphatic heterocycles. The van der Waals surface area contributed by atoms with Gasteiger partial charge in [-0.3, -0.25) is 4.99 Å². The molecular weight excluding hydrogens is 343 g/mol. The van der Waals surface area contributed by atoms with Crippen molar-refractivity contribution in [2.45, 2.75) is 38.6 Å². The highest BCUT2D eigenvalue weighted by Gasteiger charge is 2.23. The third-order valence-corrected chi connectivity index (χ3v) is 5.48. The maximum Gasteiger partial charge on any atom is 0.191 e. The minimum Gasteiger partial charge on any atom is -0.490 e. The van der Waals surface area contributed by atoms with Gasteiger partial charge in [-0.05, 0) is 75.7 Å². The van der Waals surface area contributed by atoms with Crippen LogP contribution in [0.15, 0.2) is 23.2 Å². The molecule has 0 amide bonds. The summed E-state index contributed by atoms with van der Waals surface area (Å²) < 4.78 is 19.9. The number of guanidine groups is 1. The van der Waals surface area contributed by atoms with Gasteiger partial charge in [0.1, 0.15) is 0 Å². The number of hydrogen-bond acceptors (Lipinski definition) is 3. The van der Waals surface area contributed by atoms with Crippen LogP contribution in [0, 0.1) is 17.7 Å². The van der Waals surface area contributed by atoms with E-state index in [2.05, 4.69) is 27.6 Å². The number of nitrogens with zero attached hydrogens (tertiary/aromatic N) is 2. The second-order valence-corrected chi connectivity index (χ2v) is 8.03. The molecule has 2 fully saturated rings. The number of ether oxygens (including phenoxy) is 1. The molecule has 1 saturated carbocycles. The molecule has 0 bridgehead atoms. The Morgan fingerprint density at radius 3 is 2.81 bits per heavy atom. The van der Waals surface area contributed by atoms with Gasteiger partial charge >= 0.3 is 0 Å². The molecule has 0 aromatic heterocycles. The van der Waals surface area contributed by atoms with Gasteiger partial charge in [-0.15, -0.1) is 0 Å². The molecule has 3 rings (SSSR count). The van der Waals surface area contributed by atoms with Crippen LogP contribution in [0.5, 0.6) is 5.75 Å². The van der Waals surface area contributed by atoms with Crippen LogP contribution < -0.4 is 15.4 Å². The van der Waals surface area contributed by atoms with Gasteiger partial charge in [0.2, 0.25) is 0 Å². The second-order valence-electron chi connectivity index (χ2n) is 8.03. The highest BCUT2D eigenvalue weighted by Crippen LogP contribution is 2.30. The molecule has 2 unspecified atom stereocenters. The maximum atomic E-state index is 14.3. The van der Waals surface area contributed by atoms with Gasteiger partial charge in [0.15, 0.2) is 17.5 Å². The monoisotopic (exact) mass is 376 g/mol. The Kier molecular flexibility index (Phi) is 6.94. The molecule has 1 heterocycles. The summed E-state index contributed by atoms with van der Waals surface area (Å²) in [5.41, 5.74) is 0.881. The number of benzene rings is 1. The van der Waals surface area contributed by atoms with Gasteiger partial charge in [0.25, 0.3) is 0 Å². The third kappa shape index (κ3) is 6.09. The molecule has 2 N–H and O–H groups in total. The molecule has 1 aliphatic carbocycles. The summed E-state index contributed by atoms with van der Waals surface area (Å²) in [6.07, 6.45) is 4.89. The summed E-state index contributed by atoms with van der Waals surface area (Å²) in [5, 5.41) is 6.78. The van der Waals surface area contributed by atoms with Gasteiger partial charge in [0.05, 0.1) is 12.6 Å². The van der Waals surface area contributed by atoms with Crippen LogP contribution in [0.3, 0.4) is 0 Å². The van der Waals surface area contributed by atoms with E-state index < -0.39 is 0 Å². The first-order chi connectivity index (χ1) is 13.0. The number of likely N-dealkylation sites (tertiary alicyclic amines) is 1. The van der Waals surface area contributed by atoms with Crippen molar-refractivity contribution in [3.05, 3.63) is 29.6 Å². The van der Waals surface area contributed by atoms with E-state index in [9.17, 15) is 4.39 Å². The first kappa shape index (κ1) is 19.9. The molecule has 1 saturated heterocycles. The van der Waals surface area contributed by atoms with Crippen LogP contribution >= 0.6 is 0 Å². The van der Waals surface area contributed by atoms with Crippen LogP contribution in [-0.2, 0) is 0 Å². The molecule has 150 valence electrons. The van der Waals surface area contributed by atoms with Gasteiger partial charge < -0.3 is 20.3 Å². The van der Waals surface area contributed by atoms with Gasteiger partial charge in [-0.1, -0.05) is 6.07 Å². The van der Waals surface area contributed by atoms with Gasteiger partial charge in [0, 0.05) is 20.1 Å². The van der Waals surface area contributed by atoms with Crippen molar-refractivity contribution < 1.29 is 9.13 Å². The van der Waals surface area contributed by atoms with E-state index in [1.165, 1.54) is 32.2 Å². The average molecular weight is 377 g/mol. The number of hydrogen-bond donors (Lipinski definition) is 2.